The zero-order valence-corrected chi connectivity index (χ0v) is 24.0. The summed E-state index contributed by atoms with van der Waals surface area (Å²) in [6.07, 6.45) is -10.1. The number of carbonyl (C=O) groups is 2. The second-order valence-corrected chi connectivity index (χ2v) is 11.6. The second-order valence-electron chi connectivity index (χ2n) is 11.6. The lowest BCUT2D eigenvalue weighted by Gasteiger charge is -2.30. The Hall–Kier alpha value is -2.79. The number of aromatic nitrogens is 2. The van der Waals surface area contributed by atoms with Crippen molar-refractivity contribution in [1.29, 1.82) is 0 Å². The molecule has 0 saturated heterocycles. The number of hydrogen-bond donors (Lipinski definition) is 0. The van der Waals surface area contributed by atoms with E-state index < -0.39 is 42.3 Å². The number of ether oxygens (including phenoxy) is 2. The number of alkyl halides is 6. The predicted molar refractivity (Wildman–Crippen MR) is 137 cm³/mol. The van der Waals surface area contributed by atoms with Crippen LogP contribution >= 0.6 is 0 Å². The van der Waals surface area contributed by atoms with Crippen molar-refractivity contribution in [3.8, 4) is 5.88 Å². The molecular formula is C28H38F6N2O4. The maximum atomic E-state index is 13.4. The molecule has 6 nitrogen and oxygen atoms in total. The van der Waals surface area contributed by atoms with Gasteiger partial charge in [-0.15, -0.1) is 0 Å². The largest absolute Gasteiger partial charge is 0.478 e. The summed E-state index contributed by atoms with van der Waals surface area (Å²) in [5, 5.41) is 4.29. The minimum absolute atomic E-state index is 0.0685. The van der Waals surface area contributed by atoms with Crippen LogP contribution in [0.15, 0.2) is 12.1 Å². The summed E-state index contributed by atoms with van der Waals surface area (Å²) in [5.74, 6) is -4.18. The monoisotopic (exact) mass is 580 g/mol. The molecule has 0 aliphatic heterocycles. The van der Waals surface area contributed by atoms with Crippen LogP contribution in [-0.2, 0) is 9.53 Å². The van der Waals surface area contributed by atoms with Gasteiger partial charge in [0.1, 0.15) is 5.60 Å². The van der Waals surface area contributed by atoms with Crippen molar-refractivity contribution in [3.05, 3.63) is 29.0 Å². The van der Waals surface area contributed by atoms with Crippen LogP contribution in [0.25, 0.3) is 5.52 Å². The van der Waals surface area contributed by atoms with Gasteiger partial charge in [0.05, 0.1) is 29.8 Å². The number of aryl methyl sites for hydroxylation is 2. The predicted octanol–water partition coefficient (Wildman–Crippen LogP) is 7.96. The Morgan fingerprint density at radius 1 is 0.975 bits per heavy atom. The second kappa shape index (κ2) is 12.4. The summed E-state index contributed by atoms with van der Waals surface area (Å²) in [5.41, 5.74) is 0.430. The van der Waals surface area contributed by atoms with E-state index in [2.05, 4.69) is 5.10 Å². The molecule has 0 saturated carbocycles. The minimum Gasteiger partial charge on any atom is -0.478 e. The lowest BCUT2D eigenvalue weighted by molar-refractivity contribution is -0.286. The van der Waals surface area contributed by atoms with E-state index in [1.807, 2.05) is 13.8 Å². The minimum atomic E-state index is -5.46. The molecule has 0 aromatic carbocycles. The molecule has 12 heteroatoms. The first-order chi connectivity index (χ1) is 18.2. The summed E-state index contributed by atoms with van der Waals surface area (Å²) in [6, 6.07) is 3.09. The zero-order valence-electron chi connectivity index (χ0n) is 24.0. The van der Waals surface area contributed by atoms with Crippen LogP contribution in [0, 0.1) is 25.2 Å². The number of carbonyl (C=O) groups excluding carboxylic acids is 2. The van der Waals surface area contributed by atoms with E-state index in [1.54, 1.807) is 40.7 Å². The molecule has 0 aliphatic rings. The fourth-order valence-electron chi connectivity index (χ4n) is 4.77. The van der Waals surface area contributed by atoms with E-state index in [4.69, 9.17) is 9.47 Å². The van der Waals surface area contributed by atoms with Crippen LogP contribution in [-0.4, -0.2) is 45.9 Å². The molecule has 0 radical (unpaired) electrons. The fourth-order valence-corrected chi connectivity index (χ4v) is 4.77. The molecule has 0 aliphatic carbocycles. The van der Waals surface area contributed by atoms with E-state index in [0.717, 1.165) is 6.42 Å². The molecule has 1 unspecified atom stereocenters. The van der Waals surface area contributed by atoms with Gasteiger partial charge in [-0.25, -0.2) is 4.52 Å². The van der Waals surface area contributed by atoms with Crippen LogP contribution in [0.5, 0.6) is 5.88 Å². The molecule has 2 aromatic rings. The van der Waals surface area contributed by atoms with Crippen molar-refractivity contribution in [2.45, 2.75) is 105 Å². The summed E-state index contributed by atoms with van der Waals surface area (Å²) in [4.78, 5) is 25.9. The first-order valence-electron chi connectivity index (χ1n) is 13.2. The quantitative estimate of drug-likeness (QED) is 0.145. The van der Waals surface area contributed by atoms with Gasteiger partial charge in [0, 0.05) is 18.9 Å². The van der Waals surface area contributed by atoms with Gasteiger partial charge in [0.15, 0.2) is 11.7 Å². The summed E-state index contributed by atoms with van der Waals surface area (Å²) < 4.78 is 89.4. The maximum absolute atomic E-state index is 13.4. The Labute approximate surface area is 230 Å². The average Bonchev–Trinajstić information content (AvgIpc) is 3.07. The van der Waals surface area contributed by atoms with Crippen molar-refractivity contribution in [2.75, 3.05) is 6.61 Å². The maximum Gasteiger partial charge on any atom is 0.400 e. The first kappa shape index (κ1) is 33.4. The number of rotatable bonds is 12. The third-order valence-corrected chi connectivity index (χ3v) is 6.55. The van der Waals surface area contributed by atoms with Crippen molar-refractivity contribution in [2.24, 2.45) is 11.3 Å². The Bertz CT molecular complexity index is 1180. The number of fused-ring (bicyclic) bond motifs is 1. The summed E-state index contributed by atoms with van der Waals surface area (Å²) >= 11 is 0. The summed E-state index contributed by atoms with van der Waals surface area (Å²) in [7, 11) is 0. The molecule has 0 N–H and O–H groups in total. The summed E-state index contributed by atoms with van der Waals surface area (Å²) in [6.45, 7) is 11.7. The Morgan fingerprint density at radius 2 is 1.57 bits per heavy atom. The Balaban J connectivity index is 2.25. The lowest BCUT2D eigenvalue weighted by Crippen LogP contribution is -2.37. The molecule has 40 heavy (non-hydrogen) atoms. The van der Waals surface area contributed by atoms with Gasteiger partial charge in [-0.1, -0.05) is 20.3 Å². The fraction of sp³-hybridized carbons (Fsp3) is 0.679. The molecule has 2 aromatic heterocycles. The molecule has 0 bridgehead atoms. The van der Waals surface area contributed by atoms with Crippen LogP contribution in [0.1, 0.15) is 94.8 Å². The van der Waals surface area contributed by atoms with E-state index in [9.17, 15) is 35.9 Å². The van der Waals surface area contributed by atoms with E-state index in [0.29, 0.717) is 29.6 Å². The van der Waals surface area contributed by atoms with Crippen LogP contribution in [0.4, 0.5) is 26.3 Å². The van der Waals surface area contributed by atoms with Gasteiger partial charge in [-0.2, -0.15) is 31.4 Å². The average molecular weight is 581 g/mol. The number of halogens is 6. The highest BCUT2D eigenvalue weighted by Crippen LogP contribution is 2.41. The smallest absolute Gasteiger partial charge is 0.400 e. The third kappa shape index (κ3) is 9.12. The number of nitrogens with zero attached hydrogens (tertiary/aromatic N) is 2. The van der Waals surface area contributed by atoms with Crippen LogP contribution < -0.4 is 4.74 Å². The normalized spacial score (nSPS) is 14.4. The van der Waals surface area contributed by atoms with Crippen LogP contribution in [0.2, 0.25) is 0 Å². The van der Waals surface area contributed by atoms with Gasteiger partial charge >= 0.3 is 18.3 Å². The zero-order chi connectivity index (χ0) is 30.7. The highest BCUT2D eigenvalue weighted by atomic mass is 19.4. The molecule has 0 fully saturated rings. The molecule has 0 spiro atoms. The highest BCUT2D eigenvalue weighted by molar-refractivity contribution is 6.03. The van der Waals surface area contributed by atoms with Crippen LogP contribution in [0.3, 0.4) is 0 Å². The van der Waals surface area contributed by atoms with E-state index in [1.165, 1.54) is 10.6 Å². The van der Waals surface area contributed by atoms with Crippen molar-refractivity contribution in [1.82, 2.24) is 9.61 Å². The molecule has 1 atom stereocenters. The Kier molecular flexibility index (Phi) is 10.3. The van der Waals surface area contributed by atoms with Gasteiger partial charge in [-0.3, -0.25) is 9.59 Å². The van der Waals surface area contributed by atoms with Crippen molar-refractivity contribution in [3.63, 3.8) is 0 Å². The lowest BCUT2D eigenvalue weighted by atomic mass is 9.77. The molecule has 2 rings (SSSR count). The number of ketones is 1. The molecular weight excluding hydrogens is 542 g/mol. The third-order valence-electron chi connectivity index (χ3n) is 6.55. The Morgan fingerprint density at radius 3 is 2.10 bits per heavy atom. The number of hydrogen-bond acceptors (Lipinski definition) is 5. The van der Waals surface area contributed by atoms with Gasteiger partial charge in [0.25, 0.3) is 0 Å². The van der Waals surface area contributed by atoms with Crippen molar-refractivity contribution >= 4 is 17.3 Å². The standard InChI is InChI=1S/C28H38F6N2O4/c1-8-11-26(7,16-23(38)40-25(4,5)6)12-9-20(37)24-18(3)35-36-19(24)14-17(2)15-22(36)39-13-10-21(27(29,30)31)28(32,33)34/h14-15,21H,8-13,16H2,1-7H3. The van der Waals surface area contributed by atoms with Crippen molar-refractivity contribution < 1.29 is 45.4 Å². The highest BCUT2D eigenvalue weighted by Gasteiger charge is 2.56. The first-order valence-corrected chi connectivity index (χ1v) is 13.2. The molecule has 2 heterocycles. The number of pyridine rings is 1. The topological polar surface area (TPSA) is 69.9 Å². The van der Waals surface area contributed by atoms with E-state index in [-0.39, 0.29) is 36.0 Å². The molecule has 226 valence electrons. The SMILES string of the molecule is CCCC(C)(CCC(=O)c1c(C)nn2c(OCCC(C(F)(F)F)C(F)(F)F)cc(C)cc12)CC(=O)OC(C)(C)C. The number of Topliss-reactive ketones (excluding diaryl/α,β-unsaturated/α-hetero) is 1. The van der Waals surface area contributed by atoms with E-state index >= 15 is 0 Å². The van der Waals surface area contributed by atoms with Gasteiger partial charge in [0.2, 0.25) is 5.88 Å². The molecule has 0 amide bonds. The van der Waals surface area contributed by atoms with Gasteiger partial charge < -0.3 is 9.47 Å². The number of esters is 1. The van der Waals surface area contributed by atoms with Gasteiger partial charge in [-0.05, 0) is 64.5 Å².